The fourth-order valence-electron chi connectivity index (χ4n) is 3.86. The highest BCUT2D eigenvalue weighted by Crippen LogP contribution is 2.33. The second-order valence-electron chi connectivity index (χ2n) is 7.59. The molecule has 8 heteroatoms. The summed E-state index contributed by atoms with van der Waals surface area (Å²) in [6, 6.07) is 14.1. The Morgan fingerprint density at radius 2 is 1.34 bits per heavy atom. The van der Waals surface area contributed by atoms with Crippen molar-refractivity contribution < 1.29 is 39.8 Å². The van der Waals surface area contributed by atoms with Gasteiger partial charge in [0.15, 0.2) is 6.10 Å². The molecule has 0 spiro atoms. The Labute approximate surface area is 186 Å². The molecular weight excluding hydrogens is 416 g/mol. The zero-order valence-electron chi connectivity index (χ0n) is 17.9. The van der Waals surface area contributed by atoms with E-state index in [0.29, 0.717) is 5.75 Å². The van der Waals surface area contributed by atoms with E-state index in [1.807, 2.05) is 24.3 Å². The van der Waals surface area contributed by atoms with E-state index in [9.17, 15) is 25.2 Å². The van der Waals surface area contributed by atoms with Gasteiger partial charge in [-0.15, -0.1) is 0 Å². The van der Waals surface area contributed by atoms with Crippen LogP contribution >= 0.6 is 0 Å². The first kappa shape index (κ1) is 23.7. The van der Waals surface area contributed by atoms with Crippen LogP contribution in [0.25, 0.3) is 11.1 Å². The van der Waals surface area contributed by atoms with E-state index in [1.54, 1.807) is 24.3 Å². The van der Waals surface area contributed by atoms with Crippen LogP contribution in [-0.4, -0.2) is 62.2 Å². The molecule has 1 heterocycles. The number of carboxylic acid groups (broad SMARTS) is 1. The van der Waals surface area contributed by atoms with Gasteiger partial charge in [-0.1, -0.05) is 38.1 Å². The molecule has 8 nitrogen and oxygen atoms in total. The molecule has 1 fully saturated rings. The Hall–Kier alpha value is -2.91. The lowest BCUT2D eigenvalue weighted by Crippen LogP contribution is -2.61. The van der Waals surface area contributed by atoms with E-state index in [4.69, 9.17) is 14.6 Å². The van der Waals surface area contributed by atoms with Crippen molar-refractivity contribution in [1.29, 1.82) is 0 Å². The van der Waals surface area contributed by atoms with Gasteiger partial charge in [-0.2, -0.15) is 0 Å². The van der Waals surface area contributed by atoms with Crippen LogP contribution in [0.4, 0.5) is 0 Å². The molecular formula is C24H28O8. The SMILES string of the molecule is CCC(=C(CC)c1ccc(O[C@@H]2OC(C(=O)O)[C@@H](O)[C@H](O)[C@@H]2O)cc1)c1ccc(O)cc1. The van der Waals surface area contributed by atoms with Gasteiger partial charge in [-0.3, -0.25) is 0 Å². The number of carbonyl (C=O) groups is 1. The topological polar surface area (TPSA) is 137 Å². The van der Waals surface area contributed by atoms with Gasteiger partial charge in [0.25, 0.3) is 0 Å². The molecule has 0 bridgehead atoms. The van der Waals surface area contributed by atoms with E-state index in [2.05, 4.69) is 13.8 Å². The molecule has 0 aromatic heterocycles. The van der Waals surface area contributed by atoms with Gasteiger partial charge in [-0.05, 0) is 59.4 Å². The van der Waals surface area contributed by atoms with Crippen LogP contribution in [0.2, 0.25) is 0 Å². The van der Waals surface area contributed by atoms with Gasteiger partial charge in [0, 0.05) is 0 Å². The number of ether oxygens (including phenoxy) is 2. The largest absolute Gasteiger partial charge is 0.508 e. The third-order valence-corrected chi connectivity index (χ3v) is 5.56. The fourth-order valence-corrected chi connectivity index (χ4v) is 3.86. The monoisotopic (exact) mass is 444 g/mol. The molecule has 3 rings (SSSR count). The normalized spacial score (nSPS) is 26.3. The number of aliphatic hydroxyl groups is 3. The second-order valence-corrected chi connectivity index (χ2v) is 7.59. The number of phenolic OH excluding ortho intramolecular Hbond substituents is 1. The third kappa shape index (κ3) is 4.94. The van der Waals surface area contributed by atoms with Crippen LogP contribution < -0.4 is 4.74 Å². The van der Waals surface area contributed by atoms with Crippen LogP contribution in [0.5, 0.6) is 11.5 Å². The van der Waals surface area contributed by atoms with E-state index in [0.717, 1.165) is 35.1 Å². The van der Waals surface area contributed by atoms with Crippen molar-refractivity contribution in [1.82, 2.24) is 0 Å². The summed E-state index contributed by atoms with van der Waals surface area (Å²) in [6.45, 7) is 4.12. The van der Waals surface area contributed by atoms with Crippen LogP contribution in [-0.2, 0) is 9.53 Å². The predicted molar refractivity (Wildman–Crippen MR) is 117 cm³/mol. The number of rotatable bonds is 7. The third-order valence-electron chi connectivity index (χ3n) is 5.56. The average molecular weight is 444 g/mol. The molecule has 1 saturated heterocycles. The highest BCUT2D eigenvalue weighted by molar-refractivity contribution is 5.90. The summed E-state index contributed by atoms with van der Waals surface area (Å²) in [5.41, 5.74) is 4.26. The molecule has 5 atom stereocenters. The molecule has 172 valence electrons. The van der Waals surface area contributed by atoms with Crippen LogP contribution in [0.15, 0.2) is 48.5 Å². The zero-order chi connectivity index (χ0) is 23.4. The first-order chi connectivity index (χ1) is 15.3. The number of carboxylic acids is 1. The van der Waals surface area contributed by atoms with E-state index < -0.39 is 36.7 Å². The summed E-state index contributed by atoms with van der Waals surface area (Å²) in [7, 11) is 0. The maximum absolute atomic E-state index is 11.2. The molecule has 2 aromatic carbocycles. The smallest absolute Gasteiger partial charge is 0.335 e. The number of benzene rings is 2. The number of aliphatic carboxylic acids is 1. The van der Waals surface area contributed by atoms with Gasteiger partial charge in [0.2, 0.25) is 6.29 Å². The lowest BCUT2D eigenvalue weighted by Gasteiger charge is -2.38. The molecule has 0 radical (unpaired) electrons. The maximum Gasteiger partial charge on any atom is 0.335 e. The van der Waals surface area contributed by atoms with Crippen molar-refractivity contribution >= 4 is 17.1 Å². The first-order valence-electron chi connectivity index (χ1n) is 10.5. The minimum Gasteiger partial charge on any atom is -0.508 e. The predicted octanol–water partition coefficient (Wildman–Crippen LogP) is 2.39. The van der Waals surface area contributed by atoms with Crippen LogP contribution in [0.1, 0.15) is 37.8 Å². The summed E-state index contributed by atoms with van der Waals surface area (Å²) in [6.07, 6.45) is -6.71. The van der Waals surface area contributed by atoms with Crippen LogP contribution in [0, 0.1) is 0 Å². The minimum atomic E-state index is -1.77. The Kier molecular flexibility index (Phi) is 7.52. The van der Waals surface area contributed by atoms with E-state index >= 15 is 0 Å². The summed E-state index contributed by atoms with van der Waals surface area (Å²) < 4.78 is 10.7. The Morgan fingerprint density at radius 3 is 1.81 bits per heavy atom. The van der Waals surface area contributed by atoms with Gasteiger partial charge >= 0.3 is 5.97 Å². The number of hydrogen-bond acceptors (Lipinski definition) is 7. The number of allylic oxidation sites excluding steroid dienone is 2. The van der Waals surface area contributed by atoms with Crippen LogP contribution in [0.3, 0.4) is 0 Å². The maximum atomic E-state index is 11.2. The van der Waals surface area contributed by atoms with Crippen molar-refractivity contribution in [3.8, 4) is 11.5 Å². The number of aliphatic hydroxyl groups excluding tert-OH is 3. The van der Waals surface area contributed by atoms with Crippen molar-refractivity contribution in [2.75, 3.05) is 0 Å². The first-order valence-corrected chi connectivity index (χ1v) is 10.5. The quantitative estimate of drug-likeness (QED) is 0.411. The Morgan fingerprint density at radius 1 is 0.844 bits per heavy atom. The summed E-state index contributed by atoms with van der Waals surface area (Å²) >= 11 is 0. The van der Waals surface area contributed by atoms with Gasteiger partial charge < -0.3 is 35.0 Å². The molecule has 1 unspecified atom stereocenters. The number of phenols is 1. The highest BCUT2D eigenvalue weighted by atomic mass is 16.7. The molecule has 1 aliphatic heterocycles. The van der Waals surface area contributed by atoms with E-state index in [-0.39, 0.29) is 5.75 Å². The van der Waals surface area contributed by atoms with E-state index in [1.165, 1.54) is 0 Å². The van der Waals surface area contributed by atoms with Gasteiger partial charge in [-0.25, -0.2) is 4.79 Å². The standard InChI is InChI=1S/C24H28O8/c1-3-17(13-5-9-15(25)10-6-13)18(4-2)14-7-11-16(12-8-14)31-24-21(28)19(26)20(27)22(32-24)23(29)30/h5-12,19-22,24-28H,3-4H2,1-2H3,(H,29,30)/t19-,20-,21-,22?,24+/m0/s1. The van der Waals surface area contributed by atoms with Crippen molar-refractivity contribution in [3.63, 3.8) is 0 Å². The molecule has 2 aromatic rings. The zero-order valence-corrected chi connectivity index (χ0v) is 17.9. The average Bonchev–Trinajstić information content (AvgIpc) is 2.79. The lowest BCUT2D eigenvalue weighted by atomic mass is 9.91. The highest BCUT2D eigenvalue weighted by Gasteiger charge is 2.48. The fraction of sp³-hybridized carbons (Fsp3) is 0.375. The summed E-state index contributed by atoms with van der Waals surface area (Å²) in [4.78, 5) is 11.2. The summed E-state index contributed by atoms with van der Waals surface area (Å²) in [5.74, 6) is -0.950. The summed E-state index contributed by atoms with van der Waals surface area (Å²) in [5, 5.41) is 48.6. The van der Waals surface area contributed by atoms with Crippen molar-refractivity contribution in [2.24, 2.45) is 0 Å². The molecule has 1 aliphatic rings. The second kappa shape index (κ2) is 10.1. The lowest BCUT2D eigenvalue weighted by molar-refractivity contribution is -0.271. The molecule has 5 N–H and O–H groups in total. The van der Waals surface area contributed by atoms with Crippen molar-refractivity contribution in [2.45, 2.75) is 57.4 Å². The molecule has 0 saturated carbocycles. The minimum absolute atomic E-state index is 0.207. The molecule has 0 aliphatic carbocycles. The Balaban J connectivity index is 1.83. The number of hydrogen-bond donors (Lipinski definition) is 5. The number of aromatic hydroxyl groups is 1. The van der Waals surface area contributed by atoms with Gasteiger partial charge in [0.1, 0.15) is 29.8 Å². The molecule has 0 amide bonds. The van der Waals surface area contributed by atoms with Crippen molar-refractivity contribution in [3.05, 3.63) is 59.7 Å². The van der Waals surface area contributed by atoms with Gasteiger partial charge in [0.05, 0.1) is 0 Å². The molecule has 32 heavy (non-hydrogen) atoms. The Bertz CT molecular complexity index is 951.